The molecule has 0 radical (unpaired) electrons. The van der Waals surface area contributed by atoms with Crippen LogP contribution in [0.2, 0.25) is 0 Å². The van der Waals surface area contributed by atoms with Gasteiger partial charge in [-0.2, -0.15) is 42.1 Å². The number of anilines is 3. The van der Waals surface area contributed by atoms with Gasteiger partial charge in [0.15, 0.2) is 0 Å². The summed E-state index contributed by atoms with van der Waals surface area (Å²) in [6.45, 7) is 0. The summed E-state index contributed by atoms with van der Waals surface area (Å²) < 4.78 is 168. The molecule has 0 atom stereocenters. The highest BCUT2D eigenvalue weighted by atomic mass is 32.2. The van der Waals surface area contributed by atoms with Gasteiger partial charge in [-0.25, -0.2) is 0 Å². The maximum atomic E-state index is 13.3. The van der Waals surface area contributed by atoms with Crippen molar-refractivity contribution < 1.29 is 74.4 Å². The quantitative estimate of drug-likeness (QED) is 0.0872. The van der Waals surface area contributed by atoms with Crippen LogP contribution < -0.4 is 16.4 Å². The fourth-order valence-corrected chi connectivity index (χ4v) is 7.88. The van der Waals surface area contributed by atoms with Crippen LogP contribution in [0, 0.1) is 0 Å². The number of nitrogen functional groups attached to an aromatic ring is 1. The Kier molecular flexibility index (Phi) is 9.42. The van der Waals surface area contributed by atoms with Crippen molar-refractivity contribution in [2.45, 2.75) is 24.5 Å². The molecule has 262 valence electrons. The van der Waals surface area contributed by atoms with Gasteiger partial charge in [0.2, 0.25) is 0 Å². The molecule has 4 rings (SSSR count). The lowest BCUT2D eigenvalue weighted by molar-refractivity contribution is 0.101. The summed E-state index contributed by atoms with van der Waals surface area (Å²) in [5.74, 6) is -2.72. The van der Waals surface area contributed by atoms with Gasteiger partial charge in [0, 0.05) is 22.1 Å². The average Bonchev–Trinajstić information content (AvgIpc) is 2.94. The number of carbonyl (C=O) groups excluding carboxylic acids is 2. The molecule has 0 saturated heterocycles. The van der Waals surface area contributed by atoms with Crippen LogP contribution in [0.15, 0.2) is 85.1 Å². The molecule has 20 nitrogen and oxygen atoms in total. The van der Waals surface area contributed by atoms with Gasteiger partial charge < -0.3 is 16.4 Å². The molecule has 0 aromatic heterocycles. The molecule has 2 amide bonds. The monoisotopic (exact) mass is 781 g/mol. The Hall–Kier alpha value is -4.57. The summed E-state index contributed by atoms with van der Waals surface area (Å²) in [6, 6.07) is 6.67. The Morgan fingerprint density at radius 3 is 1.51 bits per heavy atom. The molecule has 9 N–H and O–H groups in total. The van der Waals surface area contributed by atoms with Crippen molar-refractivity contribution in [3.63, 3.8) is 0 Å². The summed E-state index contributed by atoms with van der Waals surface area (Å²) in [5.41, 5.74) is 2.56. The zero-order valence-corrected chi connectivity index (χ0v) is 27.6. The van der Waals surface area contributed by atoms with Crippen molar-refractivity contribution in [2.24, 2.45) is 0 Å². The van der Waals surface area contributed by atoms with Crippen LogP contribution >= 0.6 is 0 Å². The third-order valence-electron chi connectivity index (χ3n) is 6.40. The summed E-state index contributed by atoms with van der Waals surface area (Å²) in [6.07, 6.45) is 0. The number of nitrogens with one attached hydrogen (secondary N) is 2. The first kappa shape index (κ1) is 37.3. The van der Waals surface area contributed by atoms with E-state index in [1.165, 1.54) is 0 Å². The number of fused-ring (bicyclic) bond motifs is 1. The van der Waals surface area contributed by atoms with E-state index >= 15 is 0 Å². The molecule has 0 bridgehead atoms. The molecule has 0 aliphatic rings. The van der Waals surface area contributed by atoms with Gasteiger partial charge in [0.25, 0.3) is 62.4 Å². The van der Waals surface area contributed by atoms with E-state index in [2.05, 4.69) is 5.32 Å². The summed E-state index contributed by atoms with van der Waals surface area (Å²) in [5, 5.41) is 2.18. The van der Waals surface area contributed by atoms with E-state index in [4.69, 9.17) is 5.73 Å². The maximum Gasteiger partial charge on any atom is 0.295 e. The first-order chi connectivity index (χ1) is 22.2. The molecule has 0 aliphatic carbocycles. The molecule has 0 fully saturated rings. The lowest BCUT2D eigenvalue weighted by Crippen LogP contribution is -2.19. The van der Waals surface area contributed by atoms with Gasteiger partial charge in [-0.05, 0) is 60.7 Å². The Labute approximate surface area is 276 Å². The molecular formula is C24H19N3O17S5. The smallest absolute Gasteiger partial charge is 0.295 e. The number of carbonyl (C=O) groups is 2. The molecule has 25 heteroatoms. The molecule has 49 heavy (non-hydrogen) atoms. The van der Waals surface area contributed by atoms with Crippen LogP contribution in [0.3, 0.4) is 0 Å². The van der Waals surface area contributed by atoms with E-state index in [9.17, 15) is 74.4 Å². The lowest BCUT2D eigenvalue weighted by Gasteiger charge is -2.16. The highest BCUT2D eigenvalue weighted by Gasteiger charge is 2.29. The van der Waals surface area contributed by atoms with E-state index in [0.717, 1.165) is 24.3 Å². The van der Waals surface area contributed by atoms with Gasteiger partial charge >= 0.3 is 0 Å². The van der Waals surface area contributed by atoms with Crippen LogP contribution in [-0.4, -0.2) is 76.7 Å². The van der Waals surface area contributed by atoms with E-state index in [0.29, 0.717) is 30.3 Å². The van der Waals surface area contributed by atoms with E-state index in [-0.39, 0.29) is 11.8 Å². The van der Waals surface area contributed by atoms with Crippen molar-refractivity contribution >= 4 is 90.2 Å². The third-order valence-corrected chi connectivity index (χ3v) is 10.8. The Morgan fingerprint density at radius 2 is 1.00 bits per heavy atom. The van der Waals surface area contributed by atoms with Crippen molar-refractivity contribution in [3.05, 3.63) is 71.8 Å². The molecular weight excluding hydrogens is 763 g/mol. The average molecular weight is 782 g/mol. The summed E-state index contributed by atoms with van der Waals surface area (Å²) in [4.78, 5) is 20.2. The Bertz CT molecular complexity index is 2670. The maximum absolute atomic E-state index is 13.3. The van der Waals surface area contributed by atoms with Crippen molar-refractivity contribution in [1.29, 1.82) is 0 Å². The fourth-order valence-electron chi connectivity index (χ4n) is 4.41. The van der Waals surface area contributed by atoms with Crippen molar-refractivity contribution in [2.75, 3.05) is 16.4 Å². The number of rotatable bonds is 9. The summed E-state index contributed by atoms with van der Waals surface area (Å²) in [7, 11) is -26.5. The molecule has 4 aromatic rings. The summed E-state index contributed by atoms with van der Waals surface area (Å²) >= 11 is 0. The van der Waals surface area contributed by atoms with Crippen LogP contribution in [-0.2, 0) is 50.6 Å². The first-order valence-corrected chi connectivity index (χ1v) is 19.5. The van der Waals surface area contributed by atoms with E-state index in [1.807, 2.05) is 5.32 Å². The van der Waals surface area contributed by atoms with Gasteiger partial charge in [0.05, 0.1) is 21.7 Å². The van der Waals surface area contributed by atoms with Gasteiger partial charge in [-0.15, -0.1) is 0 Å². The standard InChI is InChI=1S/C24H19N3O17S5/c25-11-1-3-14(19(7-11)47(36,37)38)23(28)26-12-2-4-15(20(8-12)48(39,40)41)24(29)27-17-5-6-18(46(33,34)35)16-9-13(45(30,31)32)10-21(22(16)17)49(42,43)44/h1-10H,25H2,(H,26,28)(H,27,29)(H,30,31,32)(H,33,34,35)(H,36,37,38)(H,39,40,41)(H,42,43,44). The van der Waals surface area contributed by atoms with Gasteiger partial charge in [-0.1, -0.05) is 0 Å². The van der Waals surface area contributed by atoms with Crippen LogP contribution in [0.25, 0.3) is 10.8 Å². The number of nitrogens with two attached hydrogens (primary N) is 1. The van der Waals surface area contributed by atoms with Crippen molar-refractivity contribution in [3.8, 4) is 0 Å². The van der Waals surface area contributed by atoms with Crippen LogP contribution in [0.5, 0.6) is 0 Å². The molecule has 0 saturated carbocycles. The third kappa shape index (κ3) is 8.02. The Balaban J connectivity index is 1.87. The van der Waals surface area contributed by atoms with Crippen LogP contribution in [0.1, 0.15) is 20.7 Å². The number of benzene rings is 4. The minimum atomic E-state index is -5.52. The minimum absolute atomic E-state index is 0.156. The zero-order chi connectivity index (χ0) is 37.1. The molecule has 0 aliphatic heterocycles. The highest BCUT2D eigenvalue weighted by molar-refractivity contribution is 7.87. The van der Waals surface area contributed by atoms with E-state index in [1.54, 1.807) is 0 Å². The predicted octanol–water partition coefficient (Wildman–Crippen LogP) is 1.16. The first-order valence-electron chi connectivity index (χ1n) is 12.3. The van der Waals surface area contributed by atoms with Gasteiger partial charge in [-0.3, -0.25) is 32.4 Å². The lowest BCUT2D eigenvalue weighted by atomic mass is 10.1. The Morgan fingerprint density at radius 1 is 0.510 bits per heavy atom. The van der Waals surface area contributed by atoms with Crippen LogP contribution in [0.4, 0.5) is 17.1 Å². The zero-order valence-electron chi connectivity index (χ0n) is 23.5. The molecule has 0 heterocycles. The second kappa shape index (κ2) is 12.4. The molecule has 4 aromatic carbocycles. The second-order valence-corrected chi connectivity index (χ2v) is 16.7. The van der Waals surface area contributed by atoms with Crippen molar-refractivity contribution in [1.82, 2.24) is 0 Å². The van der Waals surface area contributed by atoms with Gasteiger partial charge in [0.1, 0.15) is 19.6 Å². The van der Waals surface area contributed by atoms with E-state index < -0.39 is 120 Å². The fraction of sp³-hybridized carbons (Fsp3) is 0. The largest absolute Gasteiger partial charge is 0.399 e. The normalized spacial score (nSPS) is 12.8. The highest BCUT2D eigenvalue weighted by Crippen LogP contribution is 2.37. The SMILES string of the molecule is Nc1ccc(C(=O)Nc2ccc(C(=O)Nc3ccc(S(=O)(=O)O)c4cc(S(=O)(=O)O)cc(S(=O)(=O)O)c34)c(S(=O)(=O)O)c2)c(S(=O)(=O)O)c1. The number of hydrogen-bond donors (Lipinski definition) is 8. The molecule has 0 unspecified atom stereocenters. The minimum Gasteiger partial charge on any atom is -0.399 e. The number of amides is 2. The second-order valence-electron chi connectivity index (χ2n) is 9.71. The predicted molar refractivity (Wildman–Crippen MR) is 166 cm³/mol. The molecule has 0 spiro atoms. The topological polar surface area (TPSA) is 356 Å². The number of hydrogen-bond acceptors (Lipinski definition) is 13.